The first-order valence-electron chi connectivity index (χ1n) is 11.5. The van der Waals surface area contributed by atoms with Crippen molar-refractivity contribution in [1.29, 1.82) is 0 Å². The molecule has 2 amide bonds. The van der Waals surface area contributed by atoms with Gasteiger partial charge in [-0.3, -0.25) is 9.69 Å². The number of ketones is 1. The van der Waals surface area contributed by atoms with Gasteiger partial charge in [0.25, 0.3) is 0 Å². The van der Waals surface area contributed by atoms with Crippen LogP contribution in [0.25, 0.3) is 11.3 Å². The summed E-state index contributed by atoms with van der Waals surface area (Å²) >= 11 is 0. The summed E-state index contributed by atoms with van der Waals surface area (Å²) in [6.07, 6.45) is -4.55. The van der Waals surface area contributed by atoms with Gasteiger partial charge in [-0.25, -0.2) is 9.59 Å². The molecule has 1 aromatic heterocycles. The minimum atomic E-state index is -4.55. The third-order valence-corrected chi connectivity index (χ3v) is 5.90. The van der Waals surface area contributed by atoms with Crippen LogP contribution in [0.2, 0.25) is 0 Å². The molecule has 198 valence electrons. The van der Waals surface area contributed by atoms with Crippen LogP contribution in [0.5, 0.6) is 5.75 Å². The molecular weight excluding hydrogens is 505 g/mol. The maximum absolute atomic E-state index is 13.7. The number of hydrogen-bond donors (Lipinski definition) is 1. The number of rotatable bonds is 7. The van der Waals surface area contributed by atoms with E-state index in [0.29, 0.717) is 5.75 Å². The van der Waals surface area contributed by atoms with Crippen molar-refractivity contribution in [3.8, 4) is 17.1 Å². The number of urea groups is 1. The van der Waals surface area contributed by atoms with E-state index in [0.717, 1.165) is 17.0 Å². The molecule has 0 spiro atoms. The number of halogens is 3. The Bertz CT molecular complexity index is 1410. The lowest BCUT2D eigenvalue weighted by Crippen LogP contribution is -2.48. The van der Waals surface area contributed by atoms with Crippen LogP contribution in [-0.4, -0.2) is 43.4 Å². The van der Waals surface area contributed by atoms with Crippen molar-refractivity contribution in [3.05, 3.63) is 88.8 Å². The second kappa shape index (κ2) is 10.4. The second-order valence-electron chi connectivity index (χ2n) is 8.26. The third-order valence-electron chi connectivity index (χ3n) is 5.90. The number of esters is 1. The first-order valence-corrected chi connectivity index (χ1v) is 11.5. The molecule has 2 aromatic carbocycles. The molecule has 0 fully saturated rings. The fraction of sp³-hybridized carbons (Fsp3) is 0.222. The third kappa shape index (κ3) is 5.13. The van der Waals surface area contributed by atoms with Crippen LogP contribution in [0, 0.1) is 0 Å². The highest BCUT2D eigenvalue weighted by Gasteiger charge is 2.41. The Morgan fingerprint density at radius 1 is 1.08 bits per heavy atom. The van der Waals surface area contributed by atoms with Gasteiger partial charge >= 0.3 is 18.2 Å². The molecule has 0 aliphatic carbocycles. The van der Waals surface area contributed by atoms with Crippen molar-refractivity contribution in [2.45, 2.75) is 19.1 Å². The molecule has 2 heterocycles. The molecule has 0 saturated carbocycles. The highest BCUT2D eigenvalue weighted by Crippen LogP contribution is 2.37. The average Bonchev–Trinajstić information content (AvgIpc) is 3.39. The fourth-order valence-electron chi connectivity index (χ4n) is 4.02. The number of nitrogens with zero attached hydrogens (tertiary/aromatic N) is 1. The van der Waals surface area contributed by atoms with E-state index in [4.69, 9.17) is 13.9 Å². The second-order valence-corrected chi connectivity index (χ2v) is 8.26. The van der Waals surface area contributed by atoms with Crippen LogP contribution in [0.1, 0.15) is 34.6 Å². The summed E-state index contributed by atoms with van der Waals surface area (Å²) in [5.41, 5.74) is -0.927. The highest BCUT2D eigenvalue weighted by atomic mass is 19.4. The maximum Gasteiger partial charge on any atom is 0.416 e. The van der Waals surface area contributed by atoms with E-state index in [1.807, 2.05) is 0 Å². The van der Waals surface area contributed by atoms with E-state index in [-0.39, 0.29) is 40.5 Å². The number of nitrogens with one attached hydrogen (secondary N) is 1. The number of amides is 2. The predicted molar refractivity (Wildman–Crippen MR) is 129 cm³/mol. The lowest BCUT2D eigenvalue weighted by molar-refractivity contribution is -0.140. The smallest absolute Gasteiger partial charge is 0.416 e. The summed E-state index contributed by atoms with van der Waals surface area (Å²) in [4.78, 5) is 40.4. The molecule has 1 aliphatic rings. The molecule has 1 atom stereocenters. The van der Waals surface area contributed by atoms with Gasteiger partial charge in [0.1, 0.15) is 29.0 Å². The topological polar surface area (TPSA) is 98.1 Å². The van der Waals surface area contributed by atoms with Crippen LogP contribution in [0.4, 0.5) is 18.0 Å². The molecule has 8 nitrogen and oxygen atoms in total. The first-order chi connectivity index (χ1) is 18.0. The van der Waals surface area contributed by atoms with Crippen LogP contribution in [-0.2, 0) is 15.7 Å². The fourth-order valence-corrected chi connectivity index (χ4v) is 4.02. The Balaban J connectivity index is 1.83. The number of hydrogen-bond acceptors (Lipinski definition) is 6. The minimum Gasteiger partial charge on any atom is -0.497 e. The van der Waals surface area contributed by atoms with E-state index in [1.54, 1.807) is 19.1 Å². The molecular formula is C27H23F3N2O6. The number of likely N-dealkylation sites (N-methyl/N-ethyl adjacent to an activating group) is 1. The molecule has 1 unspecified atom stereocenters. The molecule has 0 bridgehead atoms. The Kier molecular flexibility index (Phi) is 7.29. The number of carbonyl (C=O) groups excluding carboxylic acids is 3. The molecule has 4 rings (SSSR count). The van der Waals surface area contributed by atoms with Gasteiger partial charge in [-0.05, 0) is 55.5 Å². The Morgan fingerprint density at radius 3 is 2.42 bits per heavy atom. The Labute approximate surface area is 215 Å². The lowest BCUT2D eigenvalue weighted by atomic mass is 9.91. The zero-order valence-corrected chi connectivity index (χ0v) is 20.6. The first kappa shape index (κ1) is 26.5. The Hall–Kier alpha value is -4.54. The van der Waals surface area contributed by atoms with E-state index in [1.165, 1.54) is 50.6 Å². The molecule has 1 N–H and O–H groups in total. The van der Waals surface area contributed by atoms with E-state index in [9.17, 15) is 27.6 Å². The summed E-state index contributed by atoms with van der Waals surface area (Å²) in [5, 5.41) is 2.64. The van der Waals surface area contributed by atoms with E-state index < -0.39 is 35.6 Å². The average molecular weight is 528 g/mol. The summed E-state index contributed by atoms with van der Waals surface area (Å²) < 4.78 is 55.7. The number of ether oxygens (including phenoxy) is 2. The number of benzene rings is 2. The van der Waals surface area contributed by atoms with Crippen molar-refractivity contribution in [1.82, 2.24) is 10.2 Å². The zero-order chi connectivity index (χ0) is 27.6. The van der Waals surface area contributed by atoms with Crippen molar-refractivity contribution < 1.29 is 41.4 Å². The molecule has 0 radical (unpaired) electrons. The molecule has 38 heavy (non-hydrogen) atoms. The summed E-state index contributed by atoms with van der Waals surface area (Å²) in [6, 6.07) is 11.6. The van der Waals surface area contributed by atoms with Crippen LogP contribution in [0.15, 0.2) is 76.4 Å². The van der Waals surface area contributed by atoms with Crippen molar-refractivity contribution in [2.75, 3.05) is 20.8 Å². The quantitative estimate of drug-likeness (QED) is 0.327. The summed E-state index contributed by atoms with van der Waals surface area (Å²) in [6.45, 7) is 1.57. The van der Waals surface area contributed by atoms with Gasteiger partial charge in [0, 0.05) is 18.2 Å². The van der Waals surface area contributed by atoms with Gasteiger partial charge in [0.2, 0.25) is 0 Å². The normalized spacial score (nSPS) is 15.8. The minimum absolute atomic E-state index is 0.00703. The van der Waals surface area contributed by atoms with Crippen molar-refractivity contribution in [2.24, 2.45) is 0 Å². The summed E-state index contributed by atoms with van der Waals surface area (Å²) in [5.74, 6) is -0.866. The molecule has 0 saturated heterocycles. The number of alkyl halides is 3. The summed E-state index contributed by atoms with van der Waals surface area (Å²) in [7, 11) is 2.79. The SMILES string of the molecule is CCOC(=O)C1=C(C(=O)c2ccc(OC)cc2)C(c2ccc(-c3cccc(C(F)(F)F)c3)o2)NC(=O)N1C. The Morgan fingerprint density at radius 2 is 1.79 bits per heavy atom. The largest absolute Gasteiger partial charge is 0.497 e. The lowest BCUT2D eigenvalue weighted by Gasteiger charge is -2.32. The van der Waals surface area contributed by atoms with Crippen LogP contribution >= 0.6 is 0 Å². The number of methoxy groups -OCH3 is 1. The van der Waals surface area contributed by atoms with Crippen molar-refractivity contribution >= 4 is 17.8 Å². The molecule has 11 heteroatoms. The van der Waals surface area contributed by atoms with Crippen LogP contribution in [0.3, 0.4) is 0 Å². The van der Waals surface area contributed by atoms with Crippen molar-refractivity contribution in [3.63, 3.8) is 0 Å². The van der Waals surface area contributed by atoms with Gasteiger partial charge in [0.05, 0.1) is 24.9 Å². The standard InChI is InChI=1S/C27H23F3N2O6/c1-4-37-25(34)23-21(24(33)15-8-10-18(36-3)11-9-15)22(31-26(35)32(23)2)20-13-12-19(38-20)16-6-5-7-17(14-16)27(28,29)30/h5-14,22H,4H2,1-3H3,(H,31,35). The van der Waals surface area contributed by atoms with Gasteiger partial charge in [0.15, 0.2) is 5.78 Å². The molecule has 3 aromatic rings. The highest BCUT2D eigenvalue weighted by molar-refractivity contribution is 6.15. The van der Waals surface area contributed by atoms with Gasteiger partial charge < -0.3 is 19.2 Å². The van der Waals surface area contributed by atoms with E-state index in [2.05, 4.69) is 5.32 Å². The van der Waals surface area contributed by atoms with Crippen LogP contribution < -0.4 is 10.1 Å². The number of Topliss-reactive ketones (excluding diaryl/α,β-unsaturated/α-hetero) is 1. The monoisotopic (exact) mass is 528 g/mol. The number of carbonyl (C=O) groups is 3. The van der Waals surface area contributed by atoms with Gasteiger partial charge in [-0.2, -0.15) is 13.2 Å². The molecule has 1 aliphatic heterocycles. The maximum atomic E-state index is 13.7. The van der Waals surface area contributed by atoms with E-state index >= 15 is 0 Å². The predicted octanol–water partition coefficient (Wildman–Crippen LogP) is 5.37. The van der Waals surface area contributed by atoms with Gasteiger partial charge in [-0.1, -0.05) is 12.1 Å². The zero-order valence-electron chi connectivity index (χ0n) is 20.6. The van der Waals surface area contributed by atoms with Gasteiger partial charge in [-0.15, -0.1) is 0 Å². The number of furan rings is 1.